The van der Waals surface area contributed by atoms with Crippen molar-refractivity contribution in [2.45, 2.75) is 4.90 Å². The van der Waals surface area contributed by atoms with E-state index in [1.165, 1.54) is 11.8 Å². The summed E-state index contributed by atoms with van der Waals surface area (Å²) in [6, 6.07) is 30.1. The second-order valence-corrected chi connectivity index (χ2v) is 10.6. The molecule has 0 unspecified atom stereocenters. The van der Waals surface area contributed by atoms with E-state index in [1.807, 2.05) is 42.5 Å². The number of amides is 3. The van der Waals surface area contributed by atoms with E-state index in [4.69, 9.17) is 11.6 Å². The van der Waals surface area contributed by atoms with E-state index in [9.17, 15) is 14.4 Å². The number of nitrogens with one attached hydrogen (secondary N) is 3. The smallest absolute Gasteiger partial charge is 0.272 e. The summed E-state index contributed by atoms with van der Waals surface area (Å²) in [6.45, 7) is 0. The number of hydrogen-bond acceptors (Lipinski definition) is 4. The van der Waals surface area contributed by atoms with Crippen molar-refractivity contribution >= 4 is 74.5 Å². The summed E-state index contributed by atoms with van der Waals surface area (Å²) in [5.41, 5.74) is 2.39. The van der Waals surface area contributed by atoms with Crippen LogP contribution < -0.4 is 16.0 Å². The Morgan fingerprint density at radius 2 is 1.54 bits per heavy atom. The summed E-state index contributed by atoms with van der Waals surface area (Å²) in [5.74, 6) is -0.807. The van der Waals surface area contributed by atoms with Crippen LogP contribution in [-0.4, -0.2) is 23.5 Å². The lowest BCUT2D eigenvalue weighted by molar-refractivity contribution is -0.114. The molecule has 0 aliphatic rings. The monoisotopic (exact) mass is 619 g/mol. The molecule has 3 amide bonds. The van der Waals surface area contributed by atoms with Crippen LogP contribution in [0.4, 0.5) is 11.4 Å². The van der Waals surface area contributed by atoms with Crippen LogP contribution >= 0.6 is 39.3 Å². The van der Waals surface area contributed by atoms with Gasteiger partial charge in [-0.15, -0.1) is 11.8 Å². The average molecular weight is 621 g/mol. The molecule has 39 heavy (non-hydrogen) atoms. The van der Waals surface area contributed by atoms with Crippen LogP contribution in [0.25, 0.3) is 6.08 Å². The Hall–Kier alpha value is -3.85. The molecule has 0 saturated heterocycles. The first-order valence-corrected chi connectivity index (χ1v) is 14.0. The normalized spacial score (nSPS) is 11.0. The summed E-state index contributed by atoms with van der Waals surface area (Å²) in [4.78, 5) is 39.2. The second-order valence-electron chi connectivity index (χ2n) is 8.23. The molecule has 0 aliphatic carbocycles. The van der Waals surface area contributed by atoms with Gasteiger partial charge in [0.1, 0.15) is 5.70 Å². The van der Waals surface area contributed by atoms with Crippen LogP contribution in [0, 0.1) is 0 Å². The molecule has 4 aromatic rings. The highest BCUT2D eigenvalue weighted by molar-refractivity contribution is 9.10. The van der Waals surface area contributed by atoms with Crippen molar-refractivity contribution in [3.8, 4) is 0 Å². The van der Waals surface area contributed by atoms with Gasteiger partial charge in [0, 0.05) is 25.6 Å². The van der Waals surface area contributed by atoms with Gasteiger partial charge >= 0.3 is 0 Å². The Kier molecular flexibility index (Phi) is 9.97. The predicted octanol–water partition coefficient (Wildman–Crippen LogP) is 7.24. The van der Waals surface area contributed by atoms with E-state index in [2.05, 4.69) is 31.9 Å². The number of rotatable bonds is 9. The molecule has 0 atom stereocenters. The summed E-state index contributed by atoms with van der Waals surface area (Å²) in [6.07, 6.45) is 1.57. The molecule has 4 aromatic carbocycles. The maximum atomic E-state index is 13.2. The first kappa shape index (κ1) is 28.2. The zero-order chi connectivity index (χ0) is 27.6. The van der Waals surface area contributed by atoms with Crippen molar-refractivity contribution < 1.29 is 14.4 Å². The molecule has 0 radical (unpaired) electrons. The molecule has 0 spiro atoms. The zero-order valence-corrected chi connectivity index (χ0v) is 23.6. The quantitative estimate of drug-likeness (QED) is 0.136. The van der Waals surface area contributed by atoms with Crippen molar-refractivity contribution in [3.05, 3.63) is 129 Å². The fourth-order valence-electron chi connectivity index (χ4n) is 3.44. The average Bonchev–Trinajstić information content (AvgIpc) is 2.94. The second kappa shape index (κ2) is 13.8. The molecule has 0 aliphatic heterocycles. The number of hydrogen-bond donors (Lipinski definition) is 3. The summed E-state index contributed by atoms with van der Waals surface area (Å²) in [7, 11) is 0. The first-order valence-electron chi connectivity index (χ1n) is 11.8. The van der Waals surface area contributed by atoms with Crippen LogP contribution in [0.5, 0.6) is 0 Å². The molecule has 9 heteroatoms. The molecule has 0 heterocycles. The van der Waals surface area contributed by atoms with Gasteiger partial charge in [-0.05, 0) is 88.2 Å². The Bertz CT molecular complexity index is 1510. The first-order chi connectivity index (χ1) is 18.9. The highest BCUT2D eigenvalue weighted by atomic mass is 79.9. The summed E-state index contributed by atoms with van der Waals surface area (Å²) < 4.78 is 0.812. The standard InChI is InChI=1S/C30H23BrClN3O3S/c31-25-11-4-5-12-26(25)34-28(36)19-39-24-15-13-23(14-16-24)33-30(38)27(18-20-7-6-10-22(32)17-20)35-29(37)21-8-2-1-3-9-21/h1-18H,19H2,(H,33,38)(H,34,36)(H,35,37)/b27-18-. The molecule has 0 aromatic heterocycles. The van der Waals surface area contributed by atoms with E-state index in [1.54, 1.807) is 66.7 Å². The van der Waals surface area contributed by atoms with Crippen LogP contribution in [0.2, 0.25) is 5.02 Å². The summed E-state index contributed by atoms with van der Waals surface area (Å²) in [5, 5.41) is 8.90. The van der Waals surface area contributed by atoms with E-state index in [0.29, 0.717) is 27.5 Å². The van der Waals surface area contributed by atoms with Gasteiger partial charge in [-0.1, -0.05) is 54.1 Å². The summed E-state index contributed by atoms with van der Waals surface area (Å²) >= 11 is 10.9. The Balaban J connectivity index is 1.41. The predicted molar refractivity (Wildman–Crippen MR) is 162 cm³/mol. The van der Waals surface area contributed by atoms with Crippen LogP contribution in [-0.2, 0) is 9.59 Å². The Morgan fingerprint density at radius 3 is 2.26 bits per heavy atom. The molecular weight excluding hydrogens is 598 g/mol. The van der Waals surface area contributed by atoms with Gasteiger partial charge in [0.15, 0.2) is 0 Å². The lowest BCUT2D eigenvalue weighted by Crippen LogP contribution is -2.30. The molecule has 0 fully saturated rings. The number of para-hydroxylation sites is 1. The van der Waals surface area contributed by atoms with Crippen molar-refractivity contribution in [3.63, 3.8) is 0 Å². The highest BCUT2D eigenvalue weighted by Gasteiger charge is 2.15. The molecule has 0 bridgehead atoms. The van der Waals surface area contributed by atoms with Gasteiger partial charge in [-0.2, -0.15) is 0 Å². The number of thioether (sulfide) groups is 1. The molecule has 4 rings (SSSR count). The number of anilines is 2. The Labute approximate surface area is 244 Å². The van der Waals surface area contributed by atoms with Gasteiger partial charge in [-0.25, -0.2) is 0 Å². The van der Waals surface area contributed by atoms with Crippen molar-refractivity contribution in [1.29, 1.82) is 0 Å². The Morgan fingerprint density at radius 1 is 0.821 bits per heavy atom. The minimum absolute atomic E-state index is 0.0633. The van der Waals surface area contributed by atoms with Crippen molar-refractivity contribution in [1.82, 2.24) is 5.32 Å². The lowest BCUT2D eigenvalue weighted by Gasteiger charge is -2.12. The minimum atomic E-state index is -0.493. The number of halogens is 2. The zero-order valence-electron chi connectivity index (χ0n) is 20.5. The third-order valence-electron chi connectivity index (χ3n) is 5.32. The largest absolute Gasteiger partial charge is 0.324 e. The maximum Gasteiger partial charge on any atom is 0.272 e. The van der Waals surface area contributed by atoms with Gasteiger partial charge < -0.3 is 16.0 Å². The molecule has 0 saturated carbocycles. The SMILES string of the molecule is O=C(CSc1ccc(NC(=O)/C(=C/c2cccc(Cl)c2)NC(=O)c2ccccc2)cc1)Nc1ccccc1Br. The third-order valence-corrected chi connectivity index (χ3v) is 7.26. The number of carbonyl (C=O) groups excluding carboxylic acids is 3. The fourth-order valence-corrected chi connectivity index (χ4v) is 4.72. The third kappa shape index (κ3) is 8.58. The lowest BCUT2D eigenvalue weighted by atomic mass is 10.1. The number of carbonyl (C=O) groups is 3. The molecule has 3 N–H and O–H groups in total. The highest BCUT2D eigenvalue weighted by Crippen LogP contribution is 2.24. The van der Waals surface area contributed by atoms with E-state index in [-0.39, 0.29) is 17.4 Å². The van der Waals surface area contributed by atoms with E-state index >= 15 is 0 Å². The molecule has 196 valence electrons. The van der Waals surface area contributed by atoms with Crippen molar-refractivity contribution in [2.75, 3.05) is 16.4 Å². The fraction of sp³-hybridized carbons (Fsp3) is 0.0333. The van der Waals surface area contributed by atoms with Gasteiger partial charge in [0.25, 0.3) is 11.8 Å². The molecular formula is C30H23BrClN3O3S. The van der Waals surface area contributed by atoms with E-state index in [0.717, 1.165) is 9.37 Å². The van der Waals surface area contributed by atoms with Gasteiger partial charge in [-0.3, -0.25) is 14.4 Å². The number of benzene rings is 4. The van der Waals surface area contributed by atoms with Crippen molar-refractivity contribution in [2.24, 2.45) is 0 Å². The maximum absolute atomic E-state index is 13.2. The minimum Gasteiger partial charge on any atom is -0.324 e. The topological polar surface area (TPSA) is 87.3 Å². The van der Waals surface area contributed by atoms with Crippen LogP contribution in [0.1, 0.15) is 15.9 Å². The molecule has 6 nitrogen and oxygen atoms in total. The van der Waals surface area contributed by atoms with Gasteiger partial charge in [0.2, 0.25) is 5.91 Å². The van der Waals surface area contributed by atoms with Crippen LogP contribution in [0.15, 0.2) is 118 Å². The van der Waals surface area contributed by atoms with Crippen LogP contribution in [0.3, 0.4) is 0 Å². The van der Waals surface area contributed by atoms with E-state index < -0.39 is 11.8 Å². The van der Waals surface area contributed by atoms with Gasteiger partial charge in [0.05, 0.1) is 11.4 Å².